The number of rotatable bonds is 6. The molecule has 0 radical (unpaired) electrons. The lowest BCUT2D eigenvalue weighted by Crippen LogP contribution is -2.27. The minimum absolute atomic E-state index is 0.0710. The highest BCUT2D eigenvalue weighted by molar-refractivity contribution is 8.00. The van der Waals surface area contributed by atoms with Crippen molar-refractivity contribution >= 4 is 40.9 Å². The quantitative estimate of drug-likeness (QED) is 0.470. The van der Waals surface area contributed by atoms with Crippen LogP contribution in [0.1, 0.15) is 44.9 Å². The maximum atomic E-state index is 12.9. The van der Waals surface area contributed by atoms with Gasteiger partial charge in [-0.2, -0.15) is 0 Å². The van der Waals surface area contributed by atoms with Gasteiger partial charge in [-0.3, -0.25) is 9.59 Å². The standard InChI is InChI=1S/C26H25ClN2O2S/c1-3-19-6-4-5-17(2)24(19)28-25(31)20-9-11-21(12-10-20)26-29(23(30)16-32-26)15-18-7-13-22(27)14-8-18/h4-14,26H,3,15-16H2,1-2H3,(H,28,31)/t26-/m0/s1. The van der Waals surface area contributed by atoms with E-state index in [1.54, 1.807) is 11.8 Å². The monoisotopic (exact) mass is 464 g/mol. The van der Waals surface area contributed by atoms with Crippen molar-refractivity contribution < 1.29 is 9.59 Å². The topological polar surface area (TPSA) is 49.4 Å². The molecule has 0 saturated carbocycles. The number of carbonyl (C=O) groups is 2. The van der Waals surface area contributed by atoms with Gasteiger partial charge in [-0.15, -0.1) is 11.8 Å². The molecule has 1 aliphatic rings. The molecule has 32 heavy (non-hydrogen) atoms. The Balaban J connectivity index is 1.49. The lowest BCUT2D eigenvalue weighted by atomic mass is 10.0. The zero-order valence-electron chi connectivity index (χ0n) is 18.1. The molecule has 1 heterocycles. The molecule has 1 aliphatic heterocycles. The average molecular weight is 465 g/mol. The number of nitrogens with zero attached hydrogens (tertiary/aromatic N) is 1. The number of aryl methyl sites for hydroxylation is 2. The van der Waals surface area contributed by atoms with Crippen molar-refractivity contribution in [1.82, 2.24) is 4.90 Å². The van der Waals surface area contributed by atoms with Gasteiger partial charge < -0.3 is 10.2 Å². The zero-order chi connectivity index (χ0) is 22.7. The molecule has 0 bridgehead atoms. The van der Waals surface area contributed by atoms with E-state index in [1.165, 1.54) is 0 Å². The average Bonchev–Trinajstić information content (AvgIpc) is 3.16. The Kier molecular flexibility index (Phi) is 6.87. The first-order chi connectivity index (χ1) is 15.5. The molecule has 0 aromatic heterocycles. The molecule has 1 saturated heterocycles. The number of halogens is 1. The highest BCUT2D eigenvalue weighted by Crippen LogP contribution is 2.39. The van der Waals surface area contributed by atoms with Gasteiger partial charge in [0.05, 0.1) is 5.75 Å². The summed E-state index contributed by atoms with van der Waals surface area (Å²) in [5.41, 5.74) is 5.70. The Bertz CT molecular complexity index is 1130. The molecule has 6 heteroatoms. The summed E-state index contributed by atoms with van der Waals surface area (Å²) < 4.78 is 0. The predicted molar refractivity (Wildman–Crippen MR) is 132 cm³/mol. The molecule has 0 unspecified atom stereocenters. The van der Waals surface area contributed by atoms with Crippen molar-refractivity contribution in [3.63, 3.8) is 0 Å². The van der Waals surface area contributed by atoms with Crippen molar-refractivity contribution in [2.45, 2.75) is 32.2 Å². The molecule has 4 nitrogen and oxygen atoms in total. The zero-order valence-corrected chi connectivity index (χ0v) is 19.7. The van der Waals surface area contributed by atoms with E-state index < -0.39 is 0 Å². The summed E-state index contributed by atoms with van der Waals surface area (Å²) in [6.07, 6.45) is 0.854. The van der Waals surface area contributed by atoms with Crippen LogP contribution < -0.4 is 5.32 Å². The first-order valence-electron chi connectivity index (χ1n) is 10.6. The Labute approximate surface area is 198 Å². The van der Waals surface area contributed by atoms with E-state index in [1.807, 2.05) is 78.6 Å². The van der Waals surface area contributed by atoms with Gasteiger partial charge in [-0.1, -0.05) is 61.0 Å². The summed E-state index contributed by atoms with van der Waals surface area (Å²) in [7, 11) is 0. The van der Waals surface area contributed by atoms with Crippen LogP contribution in [0.25, 0.3) is 0 Å². The number of benzene rings is 3. The van der Waals surface area contributed by atoms with Gasteiger partial charge in [-0.05, 0) is 59.9 Å². The van der Waals surface area contributed by atoms with Gasteiger partial charge >= 0.3 is 0 Å². The smallest absolute Gasteiger partial charge is 0.255 e. The maximum absolute atomic E-state index is 12.9. The molecule has 4 rings (SSSR count). The molecule has 1 atom stereocenters. The van der Waals surface area contributed by atoms with Crippen molar-refractivity contribution in [2.24, 2.45) is 0 Å². The van der Waals surface area contributed by atoms with Crippen LogP contribution in [0.15, 0.2) is 66.7 Å². The van der Waals surface area contributed by atoms with Crippen LogP contribution in [0.4, 0.5) is 5.69 Å². The first-order valence-corrected chi connectivity index (χ1v) is 12.0. The van der Waals surface area contributed by atoms with E-state index in [4.69, 9.17) is 11.6 Å². The first kappa shape index (κ1) is 22.4. The molecule has 3 aromatic carbocycles. The van der Waals surface area contributed by atoms with Crippen LogP contribution in [-0.4, -0.2) is 22.5 Å². The van der Waals surface area contributed by atoms with Gasteiger partial charge in [0.1, 0.15) is 5.37 Å². The normalized spacial score (nSPS) is 15.8. The van der Waals surface area contributed by atoms with Crippen LogP contribution in [0.2, 0.25) is 5.02 Å². The fraction of sp³-hybridized carbons (Fsp3) is 0.231. The van der Waals surface area contributed by atoms with Crippen LogP contribution in [0, 0.1) is 6.92 Å². The maximum Gasteiger partial charge on any atom is 0.255 e. The van der Waals surface area contributed by atoms with Crippen LogP contribution >= 0.6 is 23.4 Å². The molecular formula is C26H25ClN2O2S. The minimum atomic E-state index is -0.131. The van der Waals surface area contributed by atoms with Crippen molar-refractivity contribution in [1.29, 1.82) is 0 Å². The number of carbonyl (C=O) groups excluding carboxylic acids is 2. The van der Waals surface area contributed by atoms with Crippen LogP contribution in [-0.2, 0) is 17.8 Å². The molecule has 1 fully saturated rings. The van der Waals surface area contributed by atoms with E-state index in [0.717, 1.165) is 34.4 Å². The lowest BCUT2D eigenvalue weighted by molar-refractivity contribution is -0.128. The summed E-state index contributed by atoms with van der Waals surface area (Å²) in [5, 5.41) is 3.68. The van der Waals surface area contributed by atoms with Crippen molar-refractivity contribution in [2.75, 3.05) is 11.1 Å². The second-order valence-electron chi connectivity index (χ2n) is 7.85. The fourth-order valence-electron chi connectivity index (χ4n) is 3.87. The molecule has 2 amide bonds. The van der Waals surface area contributed by atoms with Gasteiger partial charge in [-0.25, -0.2) is 0 Å². The van der Waals surface area contributed by atoms with Crippen LogP contribution in [0.5, 0.6) is 0 Å². The second-order valence-corrected chi connectivity index (χ2v) is 9.36. The van der Waals surface area contributed by atoms with Gasteiger partial charge in [0.15, 0.2) is 0 Å². The largest absolute Gasteiger partial charge is 0.322 e. The van der Waals surface area contributed by atoms with E-state index in [2.05, 4.69) is 12.2 Å². The summed E-state index contributed by atoms with van der Waals surface area (Å²) in [6, 6.07) is 21.2. The Hall–Kier alpha value is -2.76. The van der Waals surface area contributed by atoms with E-state index in [0.29, 0.717) is 22.9 Å². The molecule has 1 N–H and O–H groups in total. The van der Waals surface area contributed by atoms with E-state index >= 15 is 0 Å². The summed E-state index contributed by atoms with van der Waals surface area (Å²) in [6.45, 7) is 4.61. The molecule has 164 valence electrons. The lowest BCUT2D eigenvalue weighted by Gasteiger charge is -2.24. The minimum Gasteiger partial charge on any atom is -0.322 e. The van der Waals surface area contributed by atoms with E-state index in [9.17, 15) is 9.59 Å². The Morgan fingerprint density at radius 1 is 1.09 bits per heavy atom. The van der Waals surface area contributed by atoms with Gasteiger partial charge in [0.2, 0.25) is 5.91 Å². The van der Waals surface area contributed by atoms with E-state index in [-0.39, 0.29) is 17.2 Å². The van der Waals surface area contributed by atoms with Crippen LogP contribution in [0.3, 0.4) is 0 Å². The molecular weight excluding hydrogens is 440 g/mol. The van der Waals surface area contributed by atoms with Gasteiger partial charge in [0, 0.05) is 22.8 Å². The summed E-state index contributed by atoms with van der Waals surface area (Å²) in [4.78, 5) is 27.3. The predicted octanol–water partition coefficient (Wildman–Crippen LogP) is 6.24. The third-order valence-corrected chi connectivity index (χ3v) is 7.18. The highest BCUT2D eigenvalue weighted by Gasteiger charge is 2.32. The number of hydrogen-bond donors (Lipinski definition) is 1. The molecule has 0 aliphatic carbocycles. The number of anilines is 1. The third-order valence-electron chi connectivity index (χ3n) is 5.67. The Morgan fingerprint density at radius 2 is 1.81 bits per heavy atom. The SMILES string of the molecule is CCc1cccc(C)c1NC(=O)c1ccc([C@@H]2SCC(=O)N2Cc2ccc(Cl)cc2)cc1. The second kappa shape index (κ2) is 9.80. The van der Waals surface area contributed by atoms with Crippen molar-refractivity contribution in [3.8, 4) is 0 Å². The third kappa shape index (κ3) is 4.84. The fourth-order valence-corrected chi connectivity index (χ4v) is 5.19. The number of para-hydroxylation sites is 1. The number of thioether (sulfide) groups is 1. The molecule has 3 aromatic rings. The summed E-state index contributed by atoms with van der Waals surface area (Å²) >= 11 is 7.59. The number of amides is 2. The van der Waals surface area contributed by atoms with Crippen molar-refractivity contribution in [3.05, 3.63) is 99.6 Å². The highest BCUT2D eigenvalue weighted by atomic mass is 35.5. The Morgan fingerprint density at radius 3 is 2.50 bits per heavy atom. The number of hydrogen-bond acceptors (Lipinski definition) is 3. The summed E-state index contributed by atoms with van der Waals surface area (Å²) in [5.74, 6) is 0.435. The number of nitrogens with one attached hydrogen (secondary N) is 1. The molecule has 0 spiro atoms. The van der Waals surface area contributed by atoms with Gasteiger partial charge in [0.25, 0.3) is 5.91 Å².